The molecule has 0 atom stereocenters. The van der Waals surface area contributed by atoms with E-state index in [2.05, 4.69) is 20.6 Å². The number of nitrogens with zero attached hydrogens (tertiary/aromatic N) is 3. The van der Waals surface area contributed by atoms with Gasteiger partial charge in [0.05, 0.1) is 10.8 Å². The Morgan fingerprint density at radius 1 is 1.29 bits per heavy atom. The maximum Gasteiger partial charge on any atom is 0.434 e. The molecule has 162 valence electrons. The van der Waals surface area contributed by atoms with E-state index >= 15 is 0 Å². The monoisotopic (exact) mass is 573 g/mol. The van der Waals surface area contributed by atoms with E-state index in [4.69, 9.17) is 0 Å². The summed E-state index contributed by atoms with van der Waals surface area (Å²) in [7, 11) is -1.76. The molecule has 1 saturated heterocycles. The molecule has 28 heavy (non-hydrogen) atoms. The first kappa shape index (κ1) is 25.7. The zero-order valence-corrected chi connectivity index (χ0v) is 19.9. The minimum absolute atomic E-state index is 0. The Kier molecular flexibility index (Phi) is 10.8. The van der Waals surface area contributed by atoms with Gasteiger partial charge in [-0.1, -0.05) is 0 Å². The van der Waals surface area contributed by atoms with Crippen LogP contribution in [0, 0.1) is 0 Å². The van der Waals surface area contributed by atoms with Crippen molar-refractivity contribution >= 4 is 63.1 Å². The number of sulfonamides is 1. The first-order valence-electron chi connectivity index (χ1n) is 8.24. The highest BCUT2D eigenvalue weighted by Crippen LogP contribution is 2.29. The third-order valence-corrected chi connectivity index (χ3v) is 7.44. The van der Waals surface area contributed by atoms with Crippen molar-refractivity contribution in [2.75, 3.05) is 50.5 Å². The Labute approximate surface area is 188 Å². The van der Waals surface area contributed by atoms with Gasteiger partial charge in [0.25, 0.3) is 0 Å². The molecule has 7 nitrogen and oxygen atoms in total. The summed E-state index contributed by atoms with van der Waals surface area (Å²) in [5.41, 5.74) is -0.883. The molecule has 0 saturated carbocycles. The first-order chi connectivity index (χ1) is 12.7. The molecule has 1 aromatic rings. The average molecular weight is 573 g/mol. The molecule has 0 bridgehead atoms. The predicted octanol–water partition coefficient (Wildman–Crippen LogP) is 1.87. The molecule has 0 unspecified atom stereocenters. The van der Waals surface area contributed by atoms with Gasteiger partial charge in [0.2, 0.25) is 10.0 Å². The second kappa shape index (κ2) is 11.8. The Morgan fingerprint density at radius 3 is 2.50 bits per heavy atom. The van der Waals surface area contributed by atoms with E-state index in [0.717, 1.165) is 28.2 Å². The number of aromatic nitrogens is 1. The second-order valence-corrected chi connectivity index (χ2v) is 9.88. The number of halogens is 4. The smallest absolute Gasteiger partial charge is 0.356 e. The van der Waals surface area contributed by atoms with Crippen molar-refractivity contribution in [2.45, 2.75) is 12.6 Å². The van der Waals surface area contributed by atoms with Crippen molar-refractivity contribution in [3.63, 3.8) is 0 Å². The summed E-state index contributed by atoms with van der Waals surface area (Å²) in [6, 6.07) is 0. The highest BCUT2D eigenvalue weighted by Gasteiger charge is 2.33. The Bertz CT molecular complexity index is 737. The van der Waals surface area contributed by atoms with Crippen LogP contribution in [-0.4, -0.2) is 74.2 Å². The zero-order chi connectivity index (χ0) is 19.9. The van der Waals surface area contributed by atoms with Gasteiger partial charge in [-0.2, -0.15) is 24.9 Å². The quantitative estimate of drug-likeness (QED) is 0.295. The van der Waals surface area contributed by atoms with E-state index in [0.29, 0.717) is 37.0 Å². The van der Waals surface area contributed by atoms with Crippen LogP contribution in [0.25, 0.3) is 0 Å². The van der Waals surface area contributed by atoms with Gasteiger partial charge in [0.1, 0.15) is 0 Å². The van der Waals surface area contributed by atoms with Gasteiger partial charge in [-0.25, -0.2) is 17.7 Å². The number of thiazole rings is 1. The second-order valence-electron chi connectivity index (χ2n) is 5.63. The van der Waals surface area contributed by atoms with Crippen LogP contribution in [-0.2, 0) is 22.6 Å². The third-order valence-electron chi connectivity index (χ3n) is 3.71. The van der Waals surface area contributed by atoms with Gasteiger partial charge >= 0.3 is 6.18 Å². The summed E-state index contributed by atoms with van der Waals surface area (Å²) in [6.07, 6.45) is -4.12. The summed E-state index contributed by atoms with van der Waals surface area (Å²) < 4.78 is 63.6. The number of aliphatic imine (C=N–C) groups is 1. The van der Waals surface area contributed by atoms with Crippen LogP contribution in [0.5, 0.6) is 0 Å². The molecule has 0 aromatic carbocycles. The van der Waals surface area contributed by atoms with Gasteiger partial charge in [0, 0.05) is 56.5 Å². The van der Waals surface area contributed by atoms with E-state index in [1.807, 2.05) is 0 Å². The van der Waals surface area contributed by atoms with E-state index in [1.54, 1.807) is 11.8 Å². The lowest BCUT2D eigenvalue weighted by atomic mass is 10.4. The van der Waals surface area contributed by atoms with Crippen LogP contribution in [0.2, 0.25) is 0 Å². The average Bonchev–Trinajstić information content (AvgIpc) is 3.10. The van der Waals surface area contributed by atoms with Crippen molar-refractivity contribution < 1.29 is 21.6 Å². The lowest BCUT2D eigenvalue weighted by Gasteiger charge is -2.25. The van der Waals surface area contributed by atoms with Gasteiger partial charge in [-0.3, -0.25) is 4.99 Å². The van der Waals surface area contributed by atoms with Crippen molar-refractivity contribution in [1.29, 1.82) is 0 Å². The molecule has 1 fully saturated rings. The Hall–Kier alpha value is -0.320. The minimum Gasteiger partial charge on any atom is -0.356 e. The van der Waals surface area contributed by atoms with Crippen LogP contribution in [0.15, 0.2) is 10.4 Å². The fraction of sp³-hybridized carbons (Fsp3) is 0.714. The Balaban J connectivity index is 0.00000392. The maximum atomic E-state index is 12.5. The molecule has 1 aliphatic rings. The number of guanidine groups is 1. The van der Waals surface area contributed by atoms with Gasteiger partial charge in [-0.15, -0.1) is 35.3 Å². The first-order valence-corrected chi connectivity index (χ1v) is 11.9. The molecule has 2 heterocycles. The van der Waals surface area contributed by atoms with Gasteiger partial charge < -0.3 is 10.6 Å². The van der Waals surface area contributed by atoms with E-state index in [1.165, 1.54) is 11.4 Å². The summed E-state index contributed by atoms with van der Waals surface area (Å²) in [5.74, 6) is 1.97. The Morgan fingerprint density at radius 2 is 1.93 bits per heavy atom. The normalized spacial score (nSPS) is 16.5. The van der Waals surface area contributed by atoms with E-state index in [-0.39, 0.29) is 36.3 Å². The summed E-state index contributed by atoms with van der Waals surface area (Å²) in [6.45, 7) is 1.60. The summed E-state index contributed by atoms with van der Waals surface area (Å²) in [4.78, 5) is 7.54. The molecular formula is C14H23F3IN5O2S3. The number of thioether (sulfide) groups is 1. The highest BCUT2D eigenvalue weighted by molar-refractivity contribution is 14.0. The van der Waals surface area contributed by atoms with Crippen LogP contribution in [0.1, 0.15) is 10.7 Å². The molecule has 0 radical (unpaired) electrons. The molecule has 2 N–H and O–H groups in total. The van der Waals surface area contributed by atoms with Gasteiger partial charge in [0.15, 0.2) is 11.7 Å². The van der Waals surface area contributed by atoms with Crippen molar-refractivity contribution in [3.8, 4) is 0 Å². The largest absolute Gasteiger partial charge is 0.434 e. The third kappa shape index (κ3) is 8.20. The fourth-order valence-electron chi connectivity index (χ4n) is 2.32. The molecule has 1 aromatic heterocycles. The number of hydrogen-bond acceptors (Lipinski definition) is 6. The predicted molar refractivity (Wildman–Crippen MR) is 118 cm³/mol. The van der Waals surface area contributed by atoms with E-state index < -0.39 is 21.9 Å². The molecule has 0 spiro atoms. The number of rotatable bonds is 7. The maximum absolute atomic E-state index is 12.5. The van der Waals surface area contributed by atoms with Crippen LogP contribution in [0.4, 0.5) is 13.2 Å². The summed E-state index contributed by atoms with van der Waals surface area (Å²) in [5, 5.41) is 7.22. The summed E-state index contributed by atoms with van der Waals surface area (Å²) >= 11 is 2.69. The lowest BCUT2D eigenvalue weighted by Crippen LogP contribution is -2.44. The van der Waals surface area contributed by atoms with Crippen LogP contribution < -0.4 is 10.6 Å². The topological polar surface area (TPSA) is 86.7 Å². The van der Waals surface area contributed by atoms with Crippen molar-refractivity contribution in [2.24, 2.45) is 4.99 Å². The SMILES string of the molecule is CN=C(NCCc1nc(C(F)(F)F)cs1)NCCS(=O)(=O)N1CCSCC1.I. The highest BCUT2D eigenvalue weighted by atomic mass is 127. The fourth-order valence-corrected chi connectivity index (χ4v) is 5.61. The van der Waals surface area contributed by atoms with Crippen molar-refractivity contribution in [1.82, 2.24) is 19.9 Å². The zero-order valence-electron chi connectivity index (χ0n) is 15.2. The van der Waals surface area contributed by atoms with Crippen LogP contribution >= 0.6 is 47.1 Å². The molecule has 2 rings (SSSR count). The molecular weight excluding hydrogens is 550 g/mol. The van der Waals surface area contributed by atoms with Crippen molar-refractivity contribution in [3.05, 3.63) is 16.1 Å². The lowest BCUT2D eigenvalue weighted by molar-refractivity contribution is -0.140. The molecule has 0 amide bonds. The standard InChI is InChI=1S/C14H22F3N5O2S3.HI/c1-18-13(19-3-2-12-21-11(10-26-12)14(15,16)17)20-4-9-27(23,24)22-5-7-25-8-6-22;/h10H,2-9H2,1H3,(H2,18,19,20);1H. The number of alkyl halides is 3. The number of hydrogen-bond donors (Lipinski definition) is 2. The molecule has 0 aliphatic carbocycles. The van der Waals surface area contributed by atoms with Crippen LogP contribution in [0.3, 0.4) is 0 Å². The number of nitrogens with one attached hydrogen (secondary N) is 2. The molecule has 1 aliphatic heterocycles. The minimum atomic E-state index is -4.43. The molecule has 14 heteroatoms. The van der Waals surface area contributed by atoms with E-state index in [9.17, 15) is 21.6 Å². The van der Waals surface area contributed by atoms with Gasteiger partial charge in [-0.05, 0) is 0 Å².